The van der Waals surface area contributed by atoms with Crippen LogP contribution in [0.25, 0.3) is 6.08 Å². The number of anilines is 1. The molecule has 1 saturated heterocycles. The normalized spacial score (nSPS) is 14.4. The molecule has 0 saturated carbocycles. The summed E-state index contributed by atoms with van der Waals surface area (Å²) in [5.41, 5.74) is 7.14. The molecule has 0 aliphatic carbocycles. The van der Waals surface area contributed by atoms with Crippen molar-refractivity contribution in [3.05, 3.63) is 55.0 Å². The predicted molar refractivity (Wildman–Crippen MR) is 143 cm³/mol. The number of carbonyl (C=O) groups excluding carboxylic acids is 4. The SMILES string of the molecule is CCOc1cc(/C=C2\SC(=O)N(CC(N)=O)C2=O)cc(I)c1OCC(=O)Nc1ccc(C)c(Cl)c1. The number of imide groups is 1. The van der Waals surface area contributed by atoms with Crippen LogP contribution >= 0.6 is 46.0 Å². The Morgan fingerprint density at radius 1 is 1.23 bits per heavy atom. The van der Waals surface area contributed by atoms with Crippen LogP contribution in [0.2, 0.25) is 5.02 Å². The average molecular weight is 630 g/mol. The molecule has 0 aromatic heterocycles. The van der Waals surface area contributed by atoms with Gasteiger partial charge in [0.1, 0.15) is 6.54 Å². The number of rotatable bonds is 9. The summed E-state index contributed by atoms with van der Waals surface area (Å²) in [4.78, 5) is 49.0. The van der Waals surface area contributed by atoms with Gasteiger partial charge in [0.25, 0.3) is 17.1 Å². The summed E-state index contributed by atoms with van der Waals surface area (Å²) in [5.74, 6) is -1.02. The predicted octanol–water partition coefficient (Wildman–Crippen LogP) is 4.19. The van der Waals surface area contributed by atoms with Crippen LogP contribution in [0.5, 0.6) is 11.5 Å². The average Bonchev–Trinajstić information content (AvgIpc) is 3.03. The quantitative estimate of drug-likeness (QED) is 0.315. The molecule has 1 fully saturated rings. The van der Waals surface area contributed by atoms with Crippen LogP contribution in [0.15, 0.2) is 35.2 Å². The van der Waals surface area contributed by atoms with Crippen molar-refractivity contribution in [2.75, 3.05) is 25.1 Å². The van der Waals surface area contributed by atoms with Gasteiger partial charge in [-0.05, 0) is 89.7 Å². The van der Waals surface area contributed by atoms with E-state index >= 15 is 0 Å². The number of aryl methyl sites for hydroxylation is 1. The molecule has 2 aromatic carbocycles. The maximum Gasteiger partial charge on any atom is 0.294 e. The monoisotopic (exact) mass is 629 g/mol. The van der Waals surface area contributed by atoms with E-state index in [9.17, 15) is 19.2 Å². The van der Waals surface area contributed by atoms with Gasteiger partial charge in [-0.15, -0.1) is 0 Å². The van der Waals surface area contributed by atoms with Crippen LogP contribution in [0.4, 0.5) is 10.5 Å². The van der Waals surface area contributed by atoms with Crippen molar-refractivity contribution in [1.82, 2.24) is 4.90 Å². The third-order valence-corrected chi connectivity index (χ3v) is 6.74. The first-order valence-corrected chi connectivity index (χ1v) is 12.5. The fourth-order valence-electron chi connectivity index (χ4n) is 3.02. The van der Waals surface area contributed by atoms with E-state index in [2.05, 4.69) is 5.32 Å². The highest BCUT2D eigenvalue weighted by atomic mass is 127. The van der Waals surface area contributed by atoms with Crippen LogP contribution in [-0.4, -0.2) is 47.6 Å². The van der Waals surface area contributed by atoms with Crippen molar-refractivity contribution in [1.29, 1.82) is 0 Å². The largest absolute Gasteiger partial charge is 0.490 e. The van der Waals surface area contributed by atoms with E-state index in [1.807, 2.05) is 29.5 Å². The number of benzene rings is 2. The van der Waals surface area contributed by atoms with Gasteiger partial charge in [0.2, 0.25) is 5.91 Å². The molecule has 0 spiro atoms. The van der Waals surface area contributed by atoms with Crippen molar-refractivity contribution in [2.45, 2.75) is 13.8 Å². The summed E-state index contributed by atoms with van der Waals surface area (Å²) in [6.07, 6.45) is 1.52. The minimum Gasteiger partial charge on any atom is -0.490 e. The van der Waals surface area contributed by atoms with E-state index in [1.54, 1.807) is 37.3 Å². The molecule has 2 aromatic rings. The van der Waals surface area contributed by atoms with E-state index in [0.717, 1.165) is 22.2 Å². The zero-order chi connectivity index (χ0) is 25.7. The summed E-state index contributed by atoms with van der Waals surface area (Å²) < 4.78 is 12.1. The van der Waals surface area contributed by atoms with E-state index in [1.165, 1.54) is 6.08 Å². The number of nitrogens with zero attached hydrogens (tertiary/aromatic N) is 1. The van der Waals surface area contributed by atoms with Gasteiger partial charge in [-0.3, -0.25) is 24.1 Å². The Balaban J connectivity index is 1.76. The Morgan fingerprint density at radius 3 is 2.63 bits per heavy atom. The first-order chi connectivity index (χ1) is 16.6. The standard InChI is InChI=1S/C23H21ClIN3O6S/c1-3-33-17-7-13(8-18-22(31)28(10-19(26)29)23(32)35-18)6-16(25)21(17)34-11-20(30)27-14-5-4-12(2)15(24)9-14/h4-9H,3,10-11H2,1-2H3,(H2,26,29)(H,27,30)/b18-8-. The third kappa shape index (κ3) is 6.89. The number of carbonyl (C=O) groups is 4. The second-order valence-corrected chi connectivity index (χ2v) is 9.86. The number of nitrogens with one attached hydrogen (secondary N) is 1. The summed E-state index contributed by atoms with van der Waals surface area (Å²) in [6.45, 7) is 3.25. The maximum absolute atomic E-state index is 12.5. The molecule has 0 unspecified atom stereocenters. The summed E-state index contributed by atoms with van der Waals surface area (Å²) in [6, 6.07) is 8.56. The lowest BCUT2D eigenvalue weighted by atomic mass is 10.2. The maximum atomic E-state index is 12.5. The number of ether oxygens (including phenoxy) is 2. The highest BCUT2D eigenvalue weighted by Gasteiger charge is 2.35. The van der Waals surface area contributed by atoms with Crippen molar-refractivity contribution < 1.29 is 28.7 Å². The summed E-state index contributed by atoms with van der Waals surface area (Å²) in [5, 5.41) is 2.70. The van der Waals surface area contributed by atoms with Crippen LogP contribution in [0, 0.1) is 10.5 Å². The lowest BCUT2D eigenvalue weighted by molar-refractivity contribution is -0.127. The molecule has 0 atom stereocenters. The van der Waals surface area contributed by atoms with Gasteiger partial charge in [0.05, 0.1) is 15.1 Å². The number of primary amides is 1. The van der Waals surface area contributed by atoms with Crippen LogP contribution in [0.1, 0.15) is 18.1 Å². The first kappa shape index (κ1) is 26.8. The molecule has 1 aliphatic heterocycles. The number of amides is 4. The van der Waals surface area contributed by atoms with Gasteiger partial charge in [0.15, 0.2) is 18.1 Å². The van der Waals surface area contributed by atoms with Gasteiger partial charge >= 0.3 is 0 Å². The van der Waals surface area contributed by atoms with Crippen molar-refractivity contribution in [3.8, 4) is 11.5 Å². The number of nitrogens with two attached hydrogens (primary N) is 1. The van der Waals surface area contributed by atoms with Gasteiger partial charge in [-0.2, -0.15) is 0 Å². The van der Waals surface area contributed by atoms with Gasteiger partial charge in [0, 0.05) is 10.7 Å². The molecular weight excluding hydrogens is 609 g/mol. The highest BCUT2D eigenvalue weighted by molar-refractivity contribution is 14.1. The van der Waals surface area contributed by atoms with Gasteiger partial charge in [-0.1, -0.05) is 17.7 Å². The van der Waals surface area contributed by atoms with E-state index in [-0.39, 0.29) is 17.4 Å². The zero-order valence-electron chi connectivity index (χ0n) is 18.7. The molecule has 4 amide bonds. The number of halogens is 2. The van der Waals surface area contributed by atoms with Gasteiger partial charge in [-0.25, -0.2) is 0 Å². The number of hydrogen-bond acceptors (Lipinski definition) is 7. The Bertz CT molecular complexity index is 1240. The van der Waals surface area contributed by atoms with Crippen molar-refractivity contribution >= 4 is 80.7 Å². The molecule has 1 aliphatic rings. The zero-order valence-corrected chi connectivity index (χ0v) is 22.5. The molecule has 184 valence electrons. The topological polar surface area (TPSA) is 128 Å². The summed E-state index contributed by atoms with van der Waals surface area (Å²) in [7, 11) is 0. The molecule has 3 N–H and O–H groups in total. The minimum absolute atomic E-state index is 0.152. The van der Waals surface area contributed by atoms with E-state index in [4.69, 9.17) is 26.8 Å². The Kier molecular flexibility index (Phi) is 9.03. The molecule has 9 nitrogen and oxygen atoms in total. The van der Waals surface area contributed by atoms with Gasteiger partial charge < -0.3 is 20.5 Å². The van der Waals surface area contributed by atoms with Crippen molar-refractivity contribution in [3.63, 3.8) is 0 Å². The second-order valence-electron chi connectivity index (χ2n) is 7.30. The molecule has 0 radical (unpaired) electrons. The number of thioether (sulfide) groups is 1. The second kappa shape index (κ2) is 11.8. The molecule has 0 bridgehead atoms. The lowest BCUT2D eigenvalue weighted by Gasteiger charge is -2.15. The fraction of sp³-hybridized carbons (Fsp3) is 0.217. The van der Waals surface area contributed by atoms with E-state index in [0.29, 0.717) is 37.9 Å². The Labute approximate surface area is 224 Å². The third-order valence-electron chi connectivity index (χ3n) is 4.62. The van der Waals surface area contributed by atoms with Crippen LogP contribution in [-0.2, 0) is 14.4 Å². The molecule has 35 heavy (non-hydrogen) atoms. The molecule has 1 heterocycles. The minimum atomic E-state index is -0.780. The molecular formula is C23H21ClIN3O6S. The summed E-state index contributed by atoms with van der Waals surface area (Å²) >= 11 is 8.85. The smallest absolute Gasteiger partial charge is 0.294 e. The molecule has 12 heteroatoms. The highest BCUT2D eigenvalue weighted by Crippen LogP contribution is 2.37. The first-order valence-electron chi connectivity index (χ1n) is 10.3. The van der Waals surface area contributed by atoms with Crippen LogP contribution < -0.4 is 20.5 Å². The van der Waals surface area contributed by atoms with E-state index < -0.39 is 23.6 Å². The fourth-order valence-corrected chi connectivity index (χ4v) is 4.82. The van der Waals surface area contributed by atoms with Crippen molar-refractivity contribution in [2.24, 2.45) is 5.73 Å². The molecule has 3 rings (SSSR count). The lowest BCUT2D eigenvalue weighted by Crippen LogP contribution is -2.36. The number of hydrogen-bond donors (Lipinski definition) is 2. The van der Waals surface area contributed by atoms with Crippen LogP contribution in [0.3, 0.4) is 0 Å². The Hall–Kier alpha value is -2.77. The Morgan fingerprint density at radius 2 is 1.97 bits per heavy atom.